The summed E-state index contributed by atoms with van der Waals surface area (Å²) in [6.07, 6.45) is 0. The SMILES string of the molecule is CCOc1ccccc1Nc1cc(C)nc2nc(-c3ccccc3C)nn12. The molecule has 0 amide bonds. The van der Waals surface area contributed by atoms with Crippen molar-refractivity contribution in [1.82, 2.24) is 19.6 Å². The van der Waals surface area contributed by atoms with Crippen LogP contribution in [0.4, 0.5) is 11.5 Å². The van der Waals surface area contributed by atoms with Gasteiger partial charge < -0.3 is 10.1 Å². The summed E-state index contributed by atoms with van der Waals surface area (Å²) in [5.41, 5.74) is 3.87. The van der Waals surface area contributed by atoms with Crippen LogP contribution >= 0.6 is 0 Å². The van der Waals surface area contributed by atoms with Gasteiger partial charge in [0, 0.05) is 17.3 Å². The molecule has 4 rings (SSSR count). The molecule has 27 heavy (non-hydrogen) atoms. The average molecular weight is 359 g/mol. The highest BCUT2D eigenvalue weighted by Gasteiger charge is 2.14. The Morgan fingerprint density at radius 3 is 2.59 bits per heavy atom. The number of hydrogen-bond donors (Lipinski definition) is 1. The van der Waals surface area contributed by atoms with Gasteiger partial charge in [0.25, 0.3) is 5.78 Å². The van der Waals surface area contributed by atoms with Gasteiger partial charge >= 0.3 is 0 Å². The van der Waals surface area contributed by atoms with Gasteiger partial charge in [-0.3, -0.25) is 0 Å². The number of hydrogen-bond acceptors (Lipinski definition) is 5. The summed E-state index contributed by atoms with van der Waals surface area (Å²) in [6.45, 7) is 6.57. The molecule has 0 unspecified atom stereocenters. The predicted octanol–water partition coefficient (Wildman–Crippen LogP) is 4.55. The second kappa shape index (κ2) is 7.07. The summed E-state index contributed by atoms with van der Waals surface area (Å²) in [4.78, 5) is 9.17. The van der Waals surface area contributed by atoms with Crippen molar-refractivity contribution in [3.8, 4) is 17.1 Å². The molecule has 0 fully saturated rings. The van der Waals surface area contributed by atoms with Crippen LogP contribution in [0.15, 0.2) is 54.6 Å². The lowest BCUT2D eigenvalue weighted by atomic mass is 10.1. The minimum Gasteiger partial charge on any atom is -0.492 e. The number of rotatable bonds is 5. The van der Waals surface area contributed by atoms with E-state index < -0.39 is 0 Å². The molecule has 0 bridgehead atoms. The smallest absolute Gasteiger partial charge is 0.254 e. The molecule has 6 nitrogen and oxygen atoms in total. The lowest BCUT2D eigenvalue weighted by Crippen LogP contribution is -2.04. The van der Waals surface area contributed by atoms with E-state index >= 15 is 0 Å². The number of benzene rings is 2. The van der Waals surface area contributed by atoms with Gasteiger partial charge in [0.2, 0.25) is 0 Å². The van der Waals surface area contributed by atoms with Gasteiger partial charge in [-0.2, -0.15) is 9.50 Å². The lowest BCUT2D eigenvalue weighted by Gasteiger charge is -2.13. The van der Waals surface area contributed by atoms with E-state index in [0.717, 1.165) is 34.1 Å². The van der Waals surface area contributed by atoms with E-state index in [-0.39, 0.29) is 0 Å². The Bertz CT molecular complexity index is 1100. The Morgan fingerprint density at radius 1 is 1.00 bits per heavy atom. The number of aryl methyl sites for hydroxylation is 2. The van der Waals surface area contributed by atoms with Gasteiger partial charge in [-0.25, -0.2) is 4.98 Å². The molecule has 2 aromatic heterocycles. The van der Waals surface area contributed by atoms with E-state index in [1.807, 2.05) is 62.4 Å². The average Bonchev–Trinajstić information content (AvgIpc) is 3.08. The van der Waals surface area contributed by atoms with E-state index in [0.29, 0.717) is 18.2 Å². The second-order valence-electron chi connectivity index (χ2n) is 6.30. The van der Waals surface area contributed by atoms with Gasteiger partial charge in [-0.15, -0.1) is 5.10 Å². The lowest BCUT2D eigenvalue weighted by molar-refractivity contribution is 0.342. The zero-order valence-corrected chi connectivity index (χ0v) is 15.6. The maximum atomic E-state index is 5.72. The highest BCUT2D eigenvalue weighted by atomic mass is 16.5. The Hall–Kier alpha value is -3.41. The van der Waals surface area contributed by atoms with Crippen LogP contribution in [0.2, 0.25) is 0 Å². The zero-order valence-electron chi connectivity index (χ0n) is 15.6. The Morgan fingerprint density at radius 2 is 1.78 bits per heavy atom. The van der Waals surface area contributed by atoms with Crippen molar-refractivity contribution in [3.63, 3.8) is 0 Å². The Labute approximate surface area is 157 Å². The van der Waals surface area contributed by atoms with E-state index in [9.17, 15) is 0 Å². The number of nitrogens with one attached hydrogen (secondary N) is 1. The van der Waals surface area contributed by atoms with Gasteiger partial charge in [-0.05, 0) is 38.5 Å². The van der Waals surface area contributed by atoms with Crippen LogP contribution < -0.4 is 10.1 Å². The third kappa shape index (κ3) is 3.33. The quantitative estimate of drug-likeness (QED) is 0.566. The molecule has 6 heteroatoms. The van der Waals surface area contributed by atoms with Crippen LogP contribution in [0.1, 0.15) is 18.2 Å². The van der Waals surface area contributed by atoms with Crippen molar-refractivity contribution < 1.29 is 4.74 Å². The fourth-order valence-electron chi connectivity index (χ4n) is 3.00. The molecule has 2 aromatic carbocycles. The Balaban J connectivity index is 1.81. The first-order valence-electron chi connectivity index (χ1n) is 8.95. The van der Waals surface area contributed by atoms with Crippen LogP contribution in [0.5, 0.6) is 5.75 Å². The summed E-state index contributed by atoms with van der Waals surface area (Å²) >= 11 is 0. The topological polar surface area (TPSA) is 64.3 Å². The highest BCUT2D eigenvalue weighted by Crippen LogP contribution is 2.28. The maximum absolute atomic E-state index is 5.72. The number of aromatic nitrogens is 4. The molecule has 4 aromatic rings. The fraction of sp³-hybridized carbons (Fsp3) is 0.190. The van der Waals surface area contributed by atoms with Crippen molar-refractivity contribution in [2.24, 2.45) is 0 Å². The maximum Gasteiger partial charge on any atom is 0.254 e. The number of anilines is 2. The first-order chi connectivity index (χ1) is 13.2. The summed E-state index contributed by atoms with van der Waals surface area (Å²) in [6, 6.07) is 17.9. The first kappa shape index (κ1) is 17.0. The number of ether oxygens (including phenoxy) is 1. The summed E-state index contributed by atoms with van der Waals surface area (Å²) < 4.78 is 7.45. The standard InChI is InChI=1S/C21H21N5O/c1-4-27-18-12-8-7-11-17(18)23-19-13-15(3)22-21-24-20(25-26(19)21)16-10-6-5-9-14(16)2/h5-13,23H,4H2,1-3H3. The summed E-state index contributed by atoms with van der Waals surface area (Å²) in [5.74, 6) is 2.80. The molecule has 1 N–H and O–H groups in total. The number of nitrogens with zero attached hydrogens (tertiary/aromatic N) is 4. The first-order valence-corrected chi connectivity index (χ1v) is 8.95. The molecule has 0 atom stereocenters. The van der Waals surface area contributed by atoms with Crippen LogP contribution in [-0.4, -0.2) is 26.2 Å². The molecule has 0 aliphatic heterocycles. The molecular formula is C21H21N5O. The Kier molecular flexibility index (Phi) is 4.46. The van der Waals surface area contributed by atoms with Crippen LogP contribution in [0.25, 0.3) is 17.2 Å². The van der Waals surface area contributed by atoms with Gasteiger partial charge in [0.05, 0.1) is 12.3 Å². The molecule has 0 aliphatic carbocycles. The molecule has 0 saturated heterocycles. The predicted molar refractivity (Wildman–Crippen MR) is 107 cm³/mol. The van der Waals surface area contributed by atoms with Gasteiger partial charge in [-0.1, -0.05) is 36.4 Å². The fourth-order valence-corrected chi connectivity index (χ4v) is 3.00. The summed E-state index contributed by atoms with van der Waals surface area (Å²) in [5, 5.41) is 8.11. The second-order valence-corrected chi connectivity index (χ2v) is 6.30. The molecular weight excluding hydrogens is 338 g/mol. The highest BCUT2D eigenvalue weighted by molar-refractivity contribution is 5.67. The monoisotopic (exact) mass is 359 g/mol. The molecule has 0 saturated carbocycles. The molecule has 0 spiro atoms. The number of para-hydroxylation sites is 2. The normalized spacial score (nSPS) is 10.9. The van der Waals surface area contributed by atoms with E-state index in [2.05, 4.69) is 28.3 Å². The third-order valence-electron chi connectivity index (χ3n) is 4.28. The van der Waals surface area contributed by atoms with Crippen molar-refractivity contribution in [1.29, 1.82) is 0 Å². The number of fused-ring (bicyclic) bond motifs is 1. The van der Waals surface area contributed by atoms with Gasteiger partial charge in [0.1, 0.15) is 11.6 Å². The van der Waals surface area contributed by atoms with Crippen LogP contribution in [0, 0.1) is 13.8 Å². The minimum absolute atomic E-state index is 0.560. The zero-order chi connectivity index (χ0) is 18.8. The largest absolute Gasteiger partial charge is 0.492 e. The minimum atomic E-state index is 0.560. The molecule has 136 valence electrons. The van der Waals surface area contributed by atoms with Crippen molar-refractivity contribution in [2.45, 2.75) is 20.8 Å². The van der Waals surface area contributed by atoms with E-state index in [1.165, 1.54) is 0 Å². The van der Waals surface area contributed by atoms with E-state index in [4.69, 9.17) is 9.84 Å². The van der Waals surface area contributed by atoms with Crippen molar-refractivity contribution in [3.05, 3.63) is 65.9 Å². The van der Waals surface area contributed by atoms with Crippen LogP contribution in [0.3, 0.4) is 0 Å². The van der Waals surface area contributed by atoms with Gasteiger partial charge in [0.15, 0.2) is 5.82 Å². The summed E-state index contributed by atoms with van der Waals surface area (Å²) in [7, 11) is 0. The third-order valence-corrected chi connectivity index (χ3v) is 4.28. The molecule has 2 heterocycles. The molecule has 0 radical (unpaired) electrons. The van der Waals surface area contributed by atoms with Crippen molar-refractivity contribution in [2.75, 3.05) is 11.9 Å². The van der Waals surface area contributed by atoms with Crippen LogP contribution in [-0.2, 0) is 0 Å². The van der Waals surface area contributed by atoms with E-state index in [1.54, 1.807) is 4.52 Å². The molecule has 0 aliphatic rings. The van der Waals surface area contributed by atoms with Crippen molar-refractivity contribution >= 4 is 17.3 Å².